The smallest absolute Gasteiger partial charge is 0.251 e. The molecule has 6 nitrogen and oxygen atoms in total. The number of carbonyl (C=O) groups is 3. The molecule has 0 radical (unpaired) electrons. The van der Waals surface area contributed by atoms with Gasteiger partial charge in [0.2, 0.25) is 11.8 Å². The Morgan fingerprint density at radius 3 is 2.52 bits per heavy atom. The van der Waals surface area contributed by atoms with Crippen molar-refractivity contribution in [3.05, 3.63) is 41.5 Å². The largest absolute Gasteiger partial charge is 0.369 e. The molecule has 1 aromatic carbocycles. The highest BCUT2D eigenvalue weighted by Gasteiger charge is 2.30. The predicted octanol–water partition coefficient (Wildman–Crippen LogP) is 1.89. The number of nitrogens with one attached hydrogen (secondary N) is 2. The van der Waals surface area contributed by atoms with Crippen LogP contribution in [-0.4, -0.2) is 23.8 Å². The molecule has 0 unspecified atom stereocenters. The fourth-order valence-corrected chi connectivity index (χ4v) is 3.02. The molecule has 1 aromatic rings. The maximum absolute atomic E-state index is 12.6. The highest BCUT2D eigenvalue weighted by atomic mass is 16.2. The number of amides is 3. The van der Waals surface area contributed by atoms with E-state index < -0.39 is 11.8 Å². The van der Waals surface area contributed by atoms with Crippen molar-refractivity contribution in [1.82, 2.24) is 5.32 Å². The highest BCUT2D eigenvalue weighted by Crippen LogP contribution is 2.31. The quantitative estimate of drug-likeness (QED) is 0.713. The van der Waals surface area contributed by atoms with E-state index in [0.717, 1.165) is 18.4 Å². The van der Waals surface area contributed by atoms with Crippen LogP contribution < -0.4 is 16.4 Å². The van der Waals surface area contributed by atoms with Gasteiger partial charge in [-0.2, -0.15) is 0 Å². The Balaban J connectivity index is 1.72. The lowest BCUT2D eigenvalue weighted by atomic mass is 9.88. The van der Waals surface area contributed by atoms with Gasteiger partial charge in [-0.25, -0.2) is 0 Å². The van der Waals surface area contributed by atoms with Crippen molar-refractivity contribution in [1.29, 1.82) is 0 Å². The molecule has 4 N–H and O–H groups in total. The summed E-state index contributed by atoms with van der Waals surface area (Å²) in [5, 5.41) is 5.79. The molecule has 0 aliphatic heterocycles. The second-order valence-corrected chi connectivity index (χ2v) is 6.82. The summed E-state index contributed by atoms with van der Waals surface area (Å²) in [5.74, 6) is -0.966. The van der Waals surface area contributed by atoms with Crippen LogP contribution >= 0.6 is 0 Å². The van der Waals surface area contributed by atoms with Gasteiger partial charge in [-0.1, -0.05) is 18.2 Å². The van der Waals surface area contributed by atoms with E-state index in [1.165, 1.54) is 0 Å². The van der Waals surface area contributed by atoms with E-state index in [1.54, 1.807) is 12.1 Å². The zero-order valence-electron chi connectivity index (χ0n) is 14.2. The van der Waals surface area contributed by atoms with Crippen molar-refractivity contribution >= 4 is 23.4 Å². The van der Waals surface area contributed by atoms with Gasteiger partial charge in [-0.3, -0.25) is 14.4 Å². The van der Waals surface area contributed by atoms with Crippen LogP contribution in [0.15, 0.2) is 30.4 Å². The van der Waals surface area contributed by atoms with E-state index in [-0.39, 0.29) is 23.8 Å². The summed E-state index contributed by atoms with van der Waals surface area (Å²) in [6.45, 7) is 1.89. The second-order valence-electron chi connectivity index (χ2n) is 6.82. The first-order chi connectivity index (χ1) is 12.0. The number of carbonyl (C=O) groups excluding carboxylic acids is 3. The van der Waals surface area contributed by atoms with Crippen LogP contribution in [0.3, 0.4) is 0 Å². The highest BCUT2D eigenvalue weighted by molar-refractivity contribution is 5.99. The average Bonchev–Trinajstić information content (AvgIpc) is 3.42. The number of hydrogen-bond acceptors (Lipinski definition) is 3. The van der Waals surface area contributed by atoms with E-state index in [1.807, 2.05) is 25.1 Å². The Morgan fingerprint density at radius 1 is 1.12 bits per heavy atom. The number of primary amides is 1. The van der Waals surface area contributed by atoms with Gasteiger partial charge in [0, 0.05) is 23.2 Å². The van der Waals surface area contributed by atoms with Crippen LogP contribution in [0.2, 0.25) is 0 Å². The lowest BCUT2D eigenvalue weighted by Gasteiger charge is -2.27. The lowest BCUT2D eigenvalue weighted by Crippen LogP contribution is -2.46. The van der Waals surface area contributed by atoms with Gasteiger partial charge >= 0.3 is 0 Å². The van der Waals surface area contributed by atoms with Crippen molar-refractivity contribution in [2.24, 2.45) is 17.6 Å². The molecule has 3 rings (SSSR count). The van der Waals surface area contributed by atoms with Crippen molar-refractivity contribution < 1.29 is 14.4 Å². The minimum Gasteiger partial charge on any atom is -0.369 e. The Bertz CT molecular complexity index is 737. The van der Waals surface area contributed by atoms with Gasteiger partial charge in [-0.05, 0) is 50.3 Å². The number of anilines is 1. The number of benzene rings is 1. The zero-order chi connectivity index (χ0) is 18.0. The molecule has 2 aliphatic rings. The molecular weight excluding hydrogens is 318 g/mol. The molecule has 132 valence electrons. The standard InChI is InChI=1S/C19H23N3O3/c1-11-6-7-13(10-16(11)22-18(24)12-8-9-12)19(25)21-15-5-3-2-4-14(15)17(20)23/h2-3,6-7,10,12,14-15H,4-5,8-9H2,1H3,(H2,20,23)(H,21,25)(H,22,24)/t14-,15+/m1/s1. The lowest BCUT2D eigenvalue weighted by molar-refractivity contribution is -0.122. The molecule has 1 saturated carbocycles. The number of rotatable bonds is 5. The summed E-state index contributed by atoms with van der Waals surface area (Å²) >= 11 is 0. The maximum atomic E-state index is 12.6. The molecule has 0 bridgehead atoms. The fourth-order valence-electron chi connectivity index (χ4n) is 3.02. The van der Waals surface area contributed by atoms with Crippen molar-refractivity contribution in [2.75, 3.05) is 5.32 Å². The number of nitrogens with two attached hydrogens (primary N) is 1. The summed E-state index contributed by atoms with van der Waals surface area (Å²) in [6.07, 6.45) is 6.83. The SMILES string of the molecule is Cc1ccc(C(=O)N[C@H]2CC=CC[C@H]2C(N)=O)cc1NC(=O)C1CC1. The number of hydrogen-bond donors (Lipinski definition) is 3. The fraction of sp³-hybridized carbons (Fsp3) is 0.421. The molecule has 2 aliphatic carbocycles. The first-order valence-electron chi connectivity index (χ1n) is 8.62. The summed E-state index contributed by atoms with van der Waals surface area (Å²) < 4.78 is 0. The van der Waals surface area contributed by atoms with E-state index >= 15 is 0 Å². The van der Waals surface area contributed by atoms with E-state index in [9.17, 15) is 14.4 Å². The topological polar surface area (TPSA) is 101 Å². The molecular formula is C19H23N3O3. The normalized spacial score (nSPS) is 22.3. The molecule has 2 atom stereocenters. The molecule has 0 aromatic heterocycles. The third-order valence-corrected chi connectivity index (χ3v) is 4.82. The van der Waals surface area contributed by atoms with Gasteiger partial charge in [0.1, 0.15) is 0 Å². The van der Waals surface area contributed by atoms with Crippen molar-refractivity contribution in [3.8, 4) is 0 Å². The van der Waals surface area contributed by atoms with Gasteiger partial charge < -0.3 is 16.4 Å². The third-order valence-electron chi connectivity index (χ3n) is 4.82. The zero-order valence-corrected chi connectivity index (χ0v) is 14.2. The van der Waals surface area contributed by atoms with Gasteiger partial charge in [0.25, 0.3) is 5.91 Å². The van der Waals surface area contributed by atoms with Gasteiger partial charge in [0.15, 0.2) is 0 Å². The van der Waals surface area contributed by atoms with E-state index in [4.69, 9.17) is 5.73 Å². The first kappa shape index (κ1) is 17.2. The van der Waals surface area contributed by atoms with Crippen molar-refractivity contribution in [2.45, 2.75) is 38.6 Å². The van der Waals surface area contributed by atoms with Crippen LogP contribution in [0.1, 0.15) is 41.6 Å². The van der Waals surface area contributed by atoms with E-state index in [0.29, 0.717) is 24.1 Å². The Morgan fingerprint density at radius 2 is 1.84 bits per heavy atom. The minimum atomic E-state index is -0.407. The van der Waals surface area contributed by atoms with Crippen LogP contribution in [0.25, 0.3) is 0 Å². The average molecular weight is 341 g/mol. The molecule has 0 heterocycles. The summed E-state index contributed by atoms with van der Waals surface area (Å²) in [5.41, 5.74) is 7.44. The molecule has 25 heavy (non-hydrogen) atoms. The van der Waals surface area contributed by atoms with Crippen molar-refractivity contribution in [3.63, 3.8) is 0 Å². The Hall–Kier alpha value is -2.63. The number of aryl methyl sites for hydroxylation is 1. The second kappa shape index (κ2) is 7.09. The Labute approximate surface area is 146 Å². The van der Waals surface area contributed by atoms with Gasteiger partial charge in [-0.15, -0.1) is 0 Å². The molecule has 3 amide bonds. The monoisotopic (exact) mass is 341 g/mol. The molecule has 1 fully saturated rings. The maximum Gasteiger partial charge on any atom is 0.251 e. The van der Waals surface area contributed by atoms with Gasteiger partial charge in [0.05, 0.1) is 5.92 Å². The van der Waals surface area contributed by atoms with Crippen LogP contribution in [0.4, 0.5) is 5.69 Å². The van der Waals surface area contributed by atoms with Crippen LogP contribution in [0, 0.1) is 18.8 Å². The first-order valence-corrected chi connectivity index (χ1v) is 8.62. The van der Waals surface area contributed by atoms with Crippen LogP contribution in [0.5, 0.6) is 0 Å². The molecule has 0 spiro atoms. The minimum absolute atomic E-state index is 0.00636. The summed E-state index contributed by atoms with van der Waals surface area (Å²) in [4.78, 5) is 36.1. The summed E-state index contributed by atoms with van der Waals surface area (Å²) in [6, 6.07) is 4.91. The Kier molecular flexibility index (Phi) is 4.88. The number of allylic oxidation sites excluding steroid dienone is 1. The predicted molar refractivity (Wildman–Crippen MR) is 94.8 cm³/mol. The summed E-state index contributed by atoms with van der Waals surface area (Å²) in [7, 11) is 0. The molecule has 6 heteroatoms. The van der Waals surface area contributed by atoms with Crippen LogP contribution in [-0.2, 0) is 9.59 Å². The van der Waals surface area contributed by atoms with E-state index in [2.05, 4.69) is 10.6 Å². The third kappa shape index (κ3) is 4.07. The molecule has 0 saturated heterocycles.